The Morgan fingerprint density at radius 2 is 1.82 bits per heavy atom. The van der Waals surface area contributed by atoms with Gasteiger partial charge in [0.1, 0.15) is 11.6 Å². The standard InChI is InChI=1S/C10H17F2NO4/c1-10(2,3)17-9(15)13-6(5-7(11)12)8(14)16-4/h6-7H,5H2,1-4H3,(H,13,15). The Kier molecular flexibility index (Phi) is 5.84. The molecule has 0 saturated heterocycles. The molecule has 100 valence electrons. The van der Waals surface area contributed by atoms with Crippen LogP contribution in [0.2, 0.25) is 0 Å². The van der Waals surface area contributed by atoms with E-state index in [1.807, 2.05) is 5.32 Å². The highest BCUT2D eigenvalue weighted by atomic mass is 19.3. The molecule has 5 nitrogen and oxygen atoms in total. The minimum Gasteiger partial charge on any atom is -0.467 e. The first-order valence-corrected chi connectivity index (χ1v) is 5.01. The molecule has 0 aromatic heterocycles. The third-order valence-electron chi connectivity index (χ3n) is 1.59. The van der Waals surface area contributed by atoms with E-state index in [0.29, 0.717) is 0 Å². The number of halogens is 2. The molecule has 1 N–H and O–H groups in total. The molecule has 0 aromatic rings. The minimum absolute atomic E-state index is 0.768. The first kappa shape index (κ1) is 15.6. The van der Waals surface area contributed by atoms with Crippen LogP contribution in [0.4, 0.5) is 13.6 Å². The van der Waals surface area contributed by atoms with Gasteiger partial charge in [0.15, 0.2) is 0 Å². The first-order chi connectivity index (χ1) is 7.65. The number of ether oxygens (including phenoxy) is 2. The Hall–Kier alpha value is -1.40. The third kappa shape index (κ3) is 7.48. The van der Waals surface area contributed by atoms with Crippen molar-refractivity contribution in [3.8, 4) is 0 Å². The number of hydrogen-bond donors (Lipinski definition) is 1. The minimum atomic E-state index is -2.73. The molecule has 0 fully saturated rings. The molecule has 7 heteroatoms. The first-order valence-electron chi connectivity index (χ1n) is 5.01. The number of rotatable bonds is 4. The van der Waals surface area contributed by atoms with Gasteiger partial charge in [-0.2, -0.15) is 0 Å². The molecule has 1 amide bonds. The zero-order chi connectivity index (χ0) is 13.6. The summed E-state index contributed by atoms with van der Waals surface area (Å²) in [4.78, 5) is 22.4. The Bertz CT molecular complexity index is 276. The monoisotopic (exact) mass is 253 g/mol. The molecule has 1 atom stereocenters. The van der Waals surface area contributed by atoms with Crippen molar-refractivity contribution in [1.82, 2.24) is 5.32 Å². The van der Waals surface area contributed by atoms with Crippen LogP contribution in [0.5, 0.6) is 0 Å². The molecule has 0 aliphatic heterocycles. The molecular formula is C10H17F2NO4. The van der Waals surface area contributed by atoms with Crippen LogP contribution in [0, 0.1) is 0 Å². The van der Waals surface area contributed by atoms with E-state index in [-0.39, 0.29) is 0 Å². The Balaban J connectivity index is 4.43. The van der Waals surface area contributed by atoms with Crippen molar-refractivity contribution in [2.24, 2.45) is 0 Å². The number of amides is 1. The van der Waals surface area contributed by atoms with Crippen LogP contribution >= 0.6 is 0 Å². The lowest BCUT2D eigenvalue weighted by atomic mass is 10.2. The smallest absolute Gasteiger partial charge is 0.408 e. The Morgan fingerprint density at radius 3 is 2.18 bits per heavy atom. The number of nitrogens with one attached hydrogen (secondary N) is 1. The van der Waals surface area contributed by atoms with Crippen molar-refractivity contribution in [3.05, 3.63) is 0 Å². The van der Waals surface area contributed by atoms with Gasteiger partial charge in [-0.15, -0.1) is 0 Å². The average molecular weight is 253 g/mol. The predicted octanol–water partition coefficient (Wildman–Crippen LogP) is 1.71. The van der Waals surface area contributed by atoms with Crippen LogP contribution in [-0.4, -0.2) is 37.2 Å². The van der Waals surface area contributed by atoms with Crippen LogP contribution in [0.15, 0.2) is 0 Å². The summed E-state index contributed by atoms with van der Waals surface area (Å²) in [6.07, 6.45) is -4.48. The molecule has 0 aromatic carbocycles. The van der Waals surface area contributed by atoms with Crippen molar-refractivity contribution in [1.29, 1.82) is 0 Å². The van der Waals surface area contributed by atoms with Gasteiger partial charge in [-0.1, -0.05) is 0 Å². The molecule has 0 bridgehead atoms. The van der Waals surface area contributed by atoms with E-state index >= 15 is 0 Å². The second-order valence-corrected chi connectivity index (χ2v) is 4.35. The molecule has 0 aliphatic rings. The quantitative estimate of drug-likeness (QED) is 0.774. The van der Waals surface area contributed by atoms with Gasteiger partial charge < -0.3 is 14.8 Å². The topological polar surface area (TPSA) is 64.6 Å². The maximum atomic E-state index is 12.2. The summed E-state index contributed by atoms with van der Waals surface area (Å²) in [5.74, 6) is -0.934. The second-order valence-electron chi connectivity index (χ2n) is 4.35. The van der Waals surface area contributed by atoms with E-state index in [1.54, 1.807) is 20.8 Å². The van der Waals surface area contributed by atoms with Gasteiger partial charge >= 0.3 is 12.1 Å². The van der Waals surface area contributed by atoms with E-state index in [4.69, 9.17) is 4.74 Å². The van der Waals surface area contributed by atoms with E-state index < -0.39 is 36.6 Å². The molecule has 0 radical (unpaired) electrons. The van der Waals surface area contributed by atoms with Crippen LogP contribution in [0.1, 0.15) is 27.2 Å². The van der Waals surface area contributed by atoms with E-state index in [1.165, 1.54) is 0 Å². The van der Waals surface area contributed by atoms with E-state index in [0.717, 1.165) is 7.11 Å². The van der Waals surface area contributed by atoms with Gasteiger partial charge in [0.05, 0.1) is 7.11 Å². The maximum Gasteiger partial charge on any atom is 0.408 e. The van der Waals surface area contributed by atoms with Gasteiger partial charge in [0.2, 0.25) is 6.43 Å². The third-order valence-corrected chi connectivity index (χ3v) is 1.59. The molecule has 0 saturated carbocycles. The lowest BCUT2D eigenvalue weighted by Gasteiger charge is -2.22. The molecule has 0 aliphatic carbocycles. The molecule has 0 heterocycles. The average Bonchev–Trinajstić information content (AvgIpc) is 2.11. The zero-order valence-electron chi connectivity index (χ0n) is 10.3. The summed E-state index contributed by atoms with van der Waals surface area (Å²) in [6, 6.07) is -1.41. The molecule has 0 spiro atoms. The number of alkyl halides is 2. The fraction of sp³-hybridized carbons (Fsp3) is 0.800. The summed E-state index contributed by atoms with van der Waals surface area (Å²) in [5, 5.41) is 2.04. The normalized spacial score (nSPS) is 13.1. The highest BCUT2D eigenvalue weighted by Gasteiger charge is 2.27. The van der Waals surface area contributed by atoms with Gasteiger partial charge in [-0.25, -0.2) is 18.4 Å². The number of esters is 1. The van der Waals surface area contributed by atoms with Crippen LogP contribution < -0.4 is 5.32 Å². The van der Waals surface area contributed by atoms with Crippen molar-refractivity contribution in [2.45, 2.75) is 45.3 Å². The van der Waals surface area contributed by atoms with Crippen LogP contribution in [0.3, 0.4) is 0 Å². The van der Waals surface area contributed by atoms with Crippen molar-refractivity contribution in [3.63, 3.8) is 0 Å². The molecule has 1 unspecified atom stereocenters. The van der Waals surface area contributed by atoms with Crippen LogP contribution in [-0.2, 0) is 14.3 Å². The number of carbonyl (C=O) groups excluding carboxylic acids is 2. The second kappa shape index (κ2) is 6.36. The SMILES string of the molecule is COC(=O)C(CC(F)F)NC(=O)OC(C)(C)C. The summed E-state index contributed by atoms with van der Waals surface area (Å²) in [7, 11) is 1.05. The predicted molar refractivity (Wildman–Crippen MR) is 55.8 cm³/mol. The van der Waals surface area contributed by atoms with E-state index in [2.05, 4.69) is 4.74 Å². The summed E-state index contributed by atoms with van der Waals surface area (Å²) in [6.45, 7) is 4.85. The summed E-state index contributed by atoms with van der Waals surface area (Å²) >= 11 is 0. The number of hydrogen-bond acceptors (Lipinski definition) is 4. The van der Waals surface area contributed by atoms with Crippen molar-refractivity contribution in [2.75, 3.05) is 7.11 Å². The fourth-order valence-electron chi connectivity index (χ4n) is 0.984. The molecule has 17 heavy (non-hydrogen) atoms. The number of alkyl carbamates (subject to hydrolysis) is 1. The highest BCUT2D eigenvalue weighted by molar-refractivity contribution is 5.81. The van der Waals surface area contributed by atoms with Gasteiger partial charge in [-0.05, 0) is 20.8 Å². The Morgan fingerprint density at radius 1 is 1.29 bits per heavy atom. The number of methoxy groups -OCH3 is 1. The number of carbonyl (C=O) groups is 2. The summed E-state index contributed by atoms with van der Waals surface area (Å²) in [5.41, 5.74) is -0.768. The molecular weight excluding hydrogens is 236 g/mol. The van der Waals surface area contributed by atoms with Gasteiger partial charge in [-0.3, -0.25) is 0 Å². The van der Waals surface area contributed by atoms with Gasteiger partial charge in [0, 0.05) is 6.42 Å². The highest BCUT2D eigenvalue weighted by Crippen LogP contribution is 2.09. The largest absolute Gasteiger partial charge is 0.467 e. The maximum absolute atomic E-state index is 12.2. The van der Waals surface area contributed by atoms with E-state index in [9.17, 15) is 18.4 Å². The van der Waals surface area contributed by atoms with Gasteiger partial charge in [0.25, 0.3) is 0 Å². The lowest BCUT2D eigenvalue weighted by molar-refractivity contribution is -0.144. The van der Waals surface area contributed by atoms with Crippen molar-refractivity contribution < 1.29 is 27.8 Å². The van der Waals surface area contributed by atoms with Crippen LogP contribution in [0.25, 0.3) is 0 Å². The fourth-order valence-corrected chi connectivity index (χ4v) is 0.984. The summed E-state index contributed by atoms with van der Waals surface area (Å²) < 4.78 is 33.5. The van der Waals surface area contributed by atoms with Crippen molar-refractivity contribution >= 4 is 12.1 Å². The molecule has 0 rings (SSSR count). The lowest BCUT2D eigenvalue weighted by Crippen LogP contribution is -2.44. The Labute approximate surface area is 98.5 Å². The zero-order valence-corrected chi connectivity index (χ0v) is 10.3.